The summed E-state index contributed by atoms with van der Waals surface area (Å²) < 4.78 is 5.21. The standard InChI is InChI=1S/C9H20BrNO/c1-4-11(7-5-6-10)8-9(2)12-3/h9H,4-8H2,1-3H3. The fraction of sp³-hybridized carbons (Fsp3) is 1.00. The van der Waals surface area contributed by atoms with Gasteiger partial charge in [0.2, 0.25) is 0 Å². The van der Waals surface area contributed by atoms with Crippen molar-refractivity contribution >= 4 is 15.9 Å². The van der Waals surface area contributed by atoms with Crippen molar-refractivity contribution in [3.05, 3.63) is 0 Å². The number of likely N-dealkylation sites (N-methyl/N-ethyl adjacent to an activating group) is 1. The predicted octanol–water partition coefficient (Wildman–Crippen LogP) is 2.13. The third kappa shape index (κ3) is 5.98. The Labute approximate surface area is 84.4 Å². The molecule has 0 aliphatic carbocycles. The minimum absolute atomic E-state index is 0.347. The summed E-state index contributed by atoms with van der Waals surface area (Å²) >= 11 is 3.43. The molecule has 0 aliphatic rings. The van der Waals surface area contributed by atoms with Gasteiger partial charge < -0.3 is 9.64 Å². The topological polar surface area (TPSA) is 12.5 Å². The molecule has 0 bridgehead atoms. The zero-order valence-electron chi connectivity index (χ0n) is 8.35. The van der Waals surface area contributed by atoms with Gasteiger partial charge in [-0.2, -0.15) is 0 Å². The summed E-state index contributed by atoms with van der Waals surface area (Å²) in [6, 6.07) is 0. The molecule has 0 spiro atoms. The second-order valence-corrected chi connectivity index (χ2v) is 3.78. The summed E-state index contributed by atoms with van der Waals surface area (Å²) in [5, 5.41) is 1.09. The Kier molecular flexibility index (Phi) is 8.29. The van der Waals surface area contributed by atoms with Crippen molar-refractivity contribution in [2.24, 2.45) is 0 Å². The van der Waals surface area contributed by atoms with E-state index >= 15 is 0 Å². The number of ether oxygens (including phenoxy) is 1. The highest BCUT2D eigenvalue weighted by Gasteiger charge is 2.06. The lowest BCUT2D eigenvalue weighted by atomic mass is 10.3. The first kappa shape index (κ1) is 12.4. The molecule has 1 atom stereocenters. The molecule has 1 unspecified atom stereocenters. The minimum Gasteiger partial charge on any atom is -0.380 e. The van der Waals surface area contributed by atoms with Crippen LogP contribution in [0.25, 0.3) is 0 Å². The molecule has 12 heavy (non-hydrogen) atoms. The van der Waals surface area contributed by atoms with Crippen LogP contribution >= 0.6 is 15.9 Å². The van der Waals surface area contributed by atoms with Crippen LogP contribution in [0.2, 0.25) is 0 Å². The van der Waals surface area contributed by atoms with Crippen molar-refractivity contribution in [3.8, 4) is 0 Å². The summed E-state index contributed by atoms with van der Waals surface area (Å²) in [5.74, 6) is 0. The largest absolute Gasteiger partial charge is 0.380 e. The first-order valence-corrected chi connectivity index (χ1v) is 5.67. The number of halogens is 1. The summed E-state index contributed by atoms with van der Waals surface area (Å²) in [6.07, 6.45) is 1.56. The van der Waals surface area contributed by atoms with Gasteiger partial charge in [-0.1, -0.05) is 22.9 Å². The number of hydrogen-bond donors (Lipinski definition) is 0. The molecule has 0 aromatic rings. The van der Waals surface area contributed by atoms with Gasteiger partial charge in [0.1, 0.15) is 0 Å². The Balaban J connectivity index is 3.51. The smallest absolute Gasteiger partial charge is 0.0670 e. The number of nitrogens with zero attached hydrogens (tertiary/aromatic N) is 1. The second-order valence-electron chi connectivity index (χ2n) is 2.98. The van der Waals surface area contributed by atoms with E-state index in [-0.39, 0.29) is 0 Å². The maximum atomic E-state index is 5.21. The zero-order chi connectivity index (χ0) is 9.40. The van der Waals surface area contributed by atoms with Gasteiger partial charge in [-0.25, -0.2) is 0 Å². The van der Waals surface area contributed by atoms with Crippen molar-refractivity contribution in [1.82, 2.24) is 4.90 Å². The van der Waals surface area contributed by atoms with E-state index in [0.717, 1.165) is 25.0 Å². The molecule has 0 N–H and O–H groups in total. The summed E-state index contributed by atoms with van der Waals surface area (Å²) in [7, 11) is 1.77. The molecule has 0 aromatic carbocycles. The van der Waals surface area contributed by atoms with Gasteiger partial charge in [0.15, 0.2) is 0 Å². The Morgan fingerprint density at radius 2 is 2.17 bits per heavy atom. The molecule has 0 saturated heterocycles. The maximum Gasteiger partial charge on any atom is 0.0670 e. The third-order valence-electron chi connectivity index (χ3n) is 1.97. The molecular formula is C9H20BrNO. The Morgan fingerprint density at radius 1 is 1.50 bits per heavy atom. The highest BCUT2D eigenvalue weighted by Crippen LogP contribution is 1.98. The van der Waals surface area contributed by atoms with Gasteiger partial charge >= 0.3 is 0 Å². The van der Waals surface area contributed by atoms with E-state index in [9.17, 15) is 0 Å². The fourth-order valence-electron chi connectivity index (χ4n) is 1.10. The van der Waals surface area contributed by atoms with E-state index in [4.69, 9.17) is 4.74 Å². The van der Waals surface area contributed by atoms with E-state index in [1.807, 2.05) is 0 Å². The number of alkyl halides is 1. The van der Waals surface area contributed by atoms with Crippen molar-refractivity contribution in [1.29, 1.82) is 0 Å². The lowest BCUT2D eigenvalue weighted by Crippen LogP contribution is -2.32. The molecule has 74 valence electrons. The summed E-state index contributed by atoms with van der Waals surface area (Å²) in [6.45, 7) is 7.61. The first-order valence-electron chi connectivity index (χ1n) is 4.55. The monoisotopic (exact) mass is 237 g/mol. The van der Waals surface area contributed by atoms with Crippen molar-refractivity contribution in [2.75, 3.05) is 32.1 Å². The third-order valence-corrected chi connectivity index (χ3v) is 2.53. The molecule has 0 saturated carbocycles. The van der Waals surface area contributed by atoms with Crippen molar-refractivity contribution in [2.45, 2.75) is 26.4 Å². The molecule has 2 nitrogen and oxygen atoms in total. The van der Waals surface area contributed by atoms with E-state index in [1.54, 1.807) is 7.11 Å². The van der Waals surface area contributed by atoms with Crippen LogP contribution in [0.4, 0.5) is 0 Å². The van der Waals surface area contributed by atoms with Crippen LogP contribution in [0.15, 0.2) is 0 Å². The summed E-state index contributed by atoms with van der Waals surface area (Å²) in [4.78, 5) is 2.41. The van der Waals surface area contributed by atoms with E-state index in [0.29, 0.717) is 6.10 Å². The molecule has 0 rings (SSSR count). The molecule has 0 aromatic heterocycles. The van der Waals surface area contributed by atoms with E-state index in [2.05, 4.69) is 34.7 Å². The molecule has 0 aliphatic heterocycles. The van der Waals surface area contributed by atoms with Crippen molar-refractivity contribution in [3.63, 3.8) is 0 Å². The first-order chi connectivity index (χ1) is 5.74. The molecule has 3 heteroatoms. The zero-order valence-corrected chi connectivity index (χ0v) is 9.93. The van der Waals surface area contributed by atoms with Crippen LogP contribution in [0.3, 0.4) is 0 Å². The maximum absolute atomic E-state index is 5.21. The SMILES string of the molecule is CCN(CCCBr)CC(C)OC. The Bertz CT molecular complexity index is 101. The van der Waals surface area contributed by atoms with Crippen LogP contribution in [0.5, 0.6) is 0 Å². The molecule has 0 radical (unpaired) electrons. The highest BCUT2D eigenvalue weighted by atomic mass is 79.9. The number of rotatable bonds is 7. The van der Waals surface area contributed by atoms with Crippen molar-refractivity contribution < 1.29 is 4.74 Å². The van der Waals surface area contributed by atoms with Crippen LogP contribution < -0.4 is 0 Å². The average Bonchev–Trinajstić information content (AvgIpc) is 2.11. The Hall–Kier alpha value is 0.400. The summed E-state index contributed by atoms with van der Waals surface area (Å²) in [5.41, 5.74) is 0. The van der Waals surface area contributed by atoms with Gasteiger partial charge in [-0.05, 0) is 26.4 Å². The fourth-order valence-corrected chi connectivity index (χ4v) is 1.35. The number of methoxy groups -OCH3 is 1. The average molecular weight is 238 g/mol. The van der Waals surface area contributed by atoms with Crippen LogP contribution in [-0.2, 0) is 4.74 Å². The molecular weight excluding hydrogens is 218 g/mol. The second kappa shape index (κ2) is 8.02. The van der Waals surface area contributed by atoms with Crippen LogP contribution in [-0.4, -0.2) is 43.1 Å². The lowest BCUT2D eigenvalue weighted by molar-refractivity contribution is 0.0790. The lowest BCUT2D eigenvalue weighted by Gasteiger charge is -2.22. The van der Waals surface area contributed by atoms with Gasteiger partial charge in [0.25, 0.3) is 0 Å². The van der Waals surface area contributed by atoms with E-state index in [1.165, 1.54) is 6.42 Å². The van der Waals surface area contributed by atoms with Crippen LogP contribution in [0, 0.1) is 0 Å². The number of hydrogen-bond acceptors (Lipinski definition) is 2. The Morgan fingerprint density at radius 3 is 2.58 bits per heavy atom. The molecule has 0 fully saturated rings. The van der Waals surface area contributed by atoms with E-state index < -0.39 is 0 Å². The normalized spacial score (nSPS) is 13.8. The predicted molar refractivity (Wildman–Crippen MR) is 57.0 cm³/mol. The highest BCUT2D eigenvalue weighted by molar-refractivity contribution is 9.09. The van der Waals surface area contributed by atoms with Gasteiger partial charge in [0, 0.05) is 19.0 Å². The molecule has 0 amide bonds. The van der Waals surface area contributed by atoms with Gasteiger partial charge in [0.05, 0.1) is 6.10 Å². The van der Waals surface area contributed by atoms with Gasteiger partial charge in [-0.3, -0.25) is 0 Å². The molecule has 0 heterocycles. The van der Waals surface area contributed by atoms with Gasteiger partial charge in [-0.15, -0.1) is 0 Å². The van der Waals surface area contributed by atoms with Crippen LogP contribution in [0.1, 0.15) is 20.3 Å². The quantitative estimate of drug-likeness (QED) is 0.630. The minimum atomic E-state index is 0.347.